The molecular formula is HNO3S. The Labute approximate surface area is 33.5 Å². The maximum Gasteiger partial charge on any atom is 0.191 e. The van der Waals surface area contributed by atoms with E-state index in [1.807, 2.05) is 0 Å². The summed E-state index contributed by atoms with van der Waals surface area (Å²) < 4.78 is 3.41. The first-order valence-electron chi connectivity index (χ1n) is 0.714. The third-order valence-corrected chi connectivity index (χ3v) is 0.130. The second-order valence-corrected chi connectivity index (χ2v) is 0.373. The molecule has 0 heterocycles. The van der Waals surface area contributed by atoms with Crippen molar-refractivity contribution in [1.82, 2.24) is 0 Å². The van der Waals surface area contributed by atoms with Crippen LogP contribution in [-0.2, 0) is 9.32 Å². The van der Waals surface area contributed by atoms with Crippen molar-refractivity contribution < 1.29 is 9.32 Å². The second-order valence-electron chi connectivity index (χ2n) is 0.224. The van der Waals surface area contributed by atoms with Crippen molar-refractivity contribution in [2.24, 2.45) is 5.34 Å². The molecule has 0 spiro atoms. The van der Waals surface area contributed by atoms with E-state index in [2.05, 4.69) is 22.2 Å². The SMILES string of the molecule is O=NOOS. The van der Waals surface area contributed by atoms with Crippen molar-refractivity contribution in [2.75, 3.05) is 0 Å². The van der Waals surface area contributed by atoms with Gasteiger partial charge < -0.3 is 0 Å². The van der Waals surface area contributed by atoms with Crippen molar-refractivity contribution in [1.29, 1.82) is 0 Å². The summed E-state index contributed by atoms with van der Waals surface area (Å²) in [5, 5.41) is 1.81. The second kappa shape index (κ2) is 3.71. The highest BCUT2D eigenvalue weighted by Gasteiger charge is 1.63. The summed E-state index contributed by atoms with van der Waals surface area (Å²) in [7, 11) is 0. The van der Waals surface area contributed by atoms with E-state index in [1.165, 1.54) is 0 Å². The molecule has 0 aliphatic heterocycles. The van der Waals surface area contributed by atoms with Crippen molar-refractivity contribution in [3.63, 3.8) is 0 Å². The van der Waals surface area contributed by atoms with E-state index in [9.17, 15) is 0 Å². The van der Waals surface area contributed by atoms with Crippen LogP contribution < -0.4 is 0 Å². The molecular weight excluding hydrogens is 94.1 g/mol. The number of rotatable bonds is 2. The summed E-state index contributed by atoms with van der Waals surface area (Å²) in [6, 6.07) is 0. The van der Waals surface area contributed by atoms with Gasteiger partial charge in [0, 0.05) is 12.9 Å². The van der Waals surface area contributed by atoms with Gasteiger partial charge in [0.15, 0.2) is 5.34 Å². The highest BCUT2D eigenvalue weighted by atomic mass is 32.1. The molecule has 0 aromatic heterocycles. The van der Waals surface area contributed by atoms with Crippen LogP contribution in [0.1, 0.15) is 0 Å². The zero-order valence-corrected chi connectivity index (χ0v) is 3.01. The smallest absolute Gasteiger partial charge is 0.168 e. The molecule has 0 atom stereocenters. The molecule has 0 rings (SSSR count). The predicted octanol–water partition coefficient (Wildman–Crippen LogP) is 0.461. The van der Waals surface area contributed by atoms with Gasteiger partial charge in [0.25, 0.3) is 0 Å². The van der Waals surface area contributed by atoms with E-state index in [4.69, 9.17) is 4.91 Å². The monoisotopic (exact) mass is 95.0 g/mol. The molecule has 0 saturated carbocycles. The molecule has 0 saturated heterocycles. The van der Waals surface area contributed by atoms with E-state index in [0.717, 1.165) is 0 Å². The summed E-state index contributed by atoms with van der Waals surface area (Å²) in [6.07, 6.45) is 0. The minimum Gasteiger partial charge on any atom is -0.168 e. The summed E-state index contributed by atoms with van der Waals surface area (Å²) in [4.78, 5) is 12.0. The molecule has 0 aromatic rings. The molecule has 0 fully saturated rings. The standard InChI is InChI=1S/HNO3S/c2-1-3-4-5/h5H. The zero-order chi connectivity index (χ0) is 4.12. The van der Waals surface area contributed by atoms with Crippen LogP contribution in [0.15, 0.2) is 5.34 Å². The van der Waals surface area contributed by atoms with E-state index >= 15 is 0 Å². The molecule has 0 aliphatic carbocycles. The lowest BCUT2D eigenvalue weighted by molar-refractivity contribution is -0.190. The van der Waals surface area contributed by atoms with Gasteiger partial charge in [-0.1, -0.05) is 4.33 Å². The van der Waals surface area contributed by atoms with Crippen molar-refractivity contribution in [2.45, 2.75) is 0 Å². The number of hydrogen-bond acceptors (Lipinski definition) is 5. The average molecular weight is 95.1 g/mol. The first kappa shape index (κ1) is 4.71. The number of thiol groups is 1. The summed E-state index contributed by atoms with van der Waals surface area (Å²) >= 11 is 2.98. The molecule has 0 bridgehead atoms. The molecule has 0 aliphatic rings. The van der Waals surface area contributed by atoms with Crippen LogP contribution in [0.5, 0.6) is 0 Å². The fraction of sp³-hybridized carbons (Fsp3) is 0. The fourth-order valence-electron chi connectivity index (χ4n) is 0.0136. The van der Waals surface area contributed by atoms with Crippen LogP contribution >= 0.6 is 12.9 Å². The Morgan fingerprint density at radius 3 is 2.40 bits per heavy atom. The van der Waals surface area contributed by atoms with E-state index in [0.29, 0.717) is 0 Å². The van der Waals surface area contributed by atoms with Crippen LogP contribution in [0, 0.1) is 4.91 Å². The Balaban J connectivity index is 2.40. The highest BCUT2D eigenvalue weighted by Crippen LogP contribution is 1.77. The molecule has 30 valence electrons. The van der Waals surface area contributed by atoms with Crippen molar-refractivity contribution in [3.05, 3.63) is 4.91 Å². The van der Waals surface area contributed by atoms with E-state index in [-0.39, 0.29) is 0 Å². The Hall–Kier alpha value is -0.290. The van der Waals surface area contributed by atoms with Crippen molar-refractivity contribution >= 4 is 12.9 Å². The normalized spacial score (nSPS) is 6.60. The molecule has 5 heavy (non-hydrogen) atoms. The van der Waals surface area contributed by atoms with Crippen LogP contribution in [0.2, 0.25) is 0 Å². The Morgan fingerprint density at radius 2 is 2.40 bits per heavy atom. The fourth-order valence-corrected chi connectivity index (χ4v) is 0.0408. The highest BCUT2D eigenvalue weighted by molar-refractivity contribution is 7.74. The lowest BCUT2D eigenvalue weighted by Crippen LogP contribution is -1.63. The maximum atomic E-state index is 8.76. The predicted molar refractivity (Wildman–Crippen MR) is 17.0 cm³/mol. The minimum absolute atomic E-state index is 1.81. The molecule has 0 radical (unpaired) electrons. The van der Waals surface area contributed by atoms with Crippen LogP contribution in [0.3, 0.4) is 0 Å². The average Bonchev–Trinajstić information content (AvgIpc) is 1.41. The minimum atomic E-state index is 1.81. The lowest BCUT2D eigenvalue weighted by Gasteiger charge is -1.73. The van der Waals surface area contributed by atoms with Gasteiger partial charge >= 0.3 is 0 Å². The lowest BCUT2D eigenvalue weighted by atomic mass is 13.4. The van der Waals surface area contributed by atoms with Gasteiger partial charge in [0.05, 0.1) is 0 Å². The first-order valence-corrected chi connectivity index (χ1v) is 1.08. The van der Waals surface area contributed by atoms with Gasteiger partial charge in [0.2, 0.25) is 0 Å². The van der Waals surface area contributed by atoms with Gasteiger partial charge in [0.1, 0.15) is 0 Å². The Morgan fingerprint density at radius 1 is 1.80 bits per heavy atom. The van der Waals surface area contributed by atoms with E-state index in [1.54, 1.807) is 5.34 Å². The molecule has 0 amide bonds. The third-order valence-electron chi connectivity index (χ3n) is 0.0638. The molecule has 0 unspecified atom stereocenters. The van der Waals surface area contributed by atoms with Gasteiger partial charge in [-0.3, -0.25) is 0 Å². The molecule has 0 aromatic carbocycles. The first-order chi connectivity index (χ1) is 2.41. The molecule has 5 heteroatoms. The topological polar surface area (TPSA) is 47.9 Å². The number of nitrogens with zero attached hydrogens (tertiary/aromatic N) is 1. The quantitative estimate of drug-likeness (QED) is 0.178. The Bertz CT molecular complexity index is 28.1. The van der Waals surface area contributed by atoms with Gasteiger partial charge in [-0.2, -0.15) is 4.99 Å². The maximum absolute atomic E-state index is 8.76. The number of hydrogen-bond donors (Lipinski definition) is 1. The summed E-state index contributed by atoms with van der Waals surface area (Å²) in [6.45, 7) is 0. The van der Waals surface area contributed by atoms with E-state index < -0.39 is 0 Å². The van der Waals surface area contributed by atoms with Crippen LogP contribution in [0.25, 0.3) is 0 Å². The van der Waals surface area contributed by atoms with Gasteiger partial charge in [-0.05, 0) is 0 Å². The summed E-state index contributed by atoms with van der Waals surface area (Å²) in [5.41, 5.74) is 0. The molecule has 4 nitrogen and oxygen atoms in total. The van der Waals surface area contributed by atoms with Gasteiger partial charge in [-0.15, -0.1) is 4.91 Å². The third kappa shape index (κ3) is 3.71. The largest absolute Gasteiger partial charge is 0.191 e. The summed E-state index contributed by atoms with van der Waals surface area (Å²) in [5.74, 6) is 0. The van der Waals surface area contributed by atoms with Crippen molar-refractivity contribution in [3.8, 4) is 0 Å². The zero-order valence-electron chi connectivity index (χ0n) is 2.12. The van der Waals surface area contributed by atoms with Crippen LogP contribution in [-0.4, -0.2) is 0 Å². The van der Waals surface area contributed by atoms with Crippen LogP contribution in [0.4, 0.5) is 0 Å². The Kier molecular flexibility index (Phi) is 3.49. The molecule has 0 N–H and O–H groups in total. The van der Waals surface area contributed by atoms with Gasteiger partial charge in [-0.25, -0.2) is 0 Å².